The highest BCUT2D eigenvalue weighted by molar-refractivity contribution is 5.83. The molecule has 0 radical (unpaired) electrons. The lowest BCUT2D eigenvalue weighted by atomic mass is 10.0. The number of hydrogen-bond acceptors (Lipinski definition) is 9. The number of anilines is 2. The predicted molar refractivity (Wildman–Crippen MR) is 152 cm³/mol. The molecule has 3 aliphatic heterocycles. The summed E-state index contributed by atoms with van der Waals surface area (Å²) in [6, 6.07) is 6.16. The number of piperidine rings is 1. The van der Waals surface area contributed by atoms with Crippen molar-refractivity contribution < 1.29 is 27.8 Å². The van der Waals surface area contributed by atoms with E-state index in [9.17, 15) is 27.9 Å². The highest BCUT2D eigenvalue weighted by atomic mass is 19.4. The number of nitrogens with one attached hydrogen (secondary N) is 1. The number of carbonyl (C=O) groups is 1. The van der Waals surface area contributed by atoms with Crippen molar-refractivity contribution in [3.8, 4) is 0 Å². The summed E-state index contributed by atoms with van der Waals surface area (Å²) in [6.45, 7) is 1.34. The number of halogens is 3. The number of β-amino-alcohol motifs (C(OH)–C–C–N with tert-alkyl or cyclic N) is 1. The van der Waals surface area contributed by atoms with E-state index in [1.807, 2.05) is 34.5 Å². The van der Waals surface area contributed by atoms with Crippen LogP contribution in [0.3, 0.4) is 0 Å². The molecule has 5 heterocycles. The Hall–Kier alpha value is -4.04. The van der Waals surface area contributed by atoms with Crippen LogP contribution in [0.1, 0.15) is 59.9 Å². The van der Waals surface area contributed by atoms with Gasteiger partial charge in [-0.3, -0.25) is 9.59 Å². The molecule has 3 fully saturated rings. The quantitative estimate of drug-likeness (QED) is 0.415. The maximum absolute atomic E-state index is 13.9. The molecule has 1 saturated carbocycles. The van der Waals surface area contributed by atoms with Crippen LogP contribution in [0.25, 0.3) is 0 Å². The van der Waals surface area contributed by atoms with Gasteiger partial charge in [0, 0.05) is 45.0 Å². The Labute approximate surface area is 250 Å². The van der Waals surface area contributed by atoms with Gasteiger partial charge in [0.15, 0.2) is 0 Å². The lowest BCUT2D eigenvalue weighted by Crippen LogP contribution is -2.55. The summed E-state index contributed by atoms with van der Waals surface area (Å²) in [5.41, 5.74) is -0.284. The smallest absolute Gasteiger partial charge is 0.389 e. The minimum absolute atomic E-state index is 0.0689. The van der Waals surface area contributed by atoms with Crippen LogP contribution in [0, 0.1) is 0 Å². The molecule has 0 spiro atoms. The number of aliphatic hydroxyl groups excluding tert-OH is 1. The zero-order valence-corrected chi connectivity index (χ0v) is 23.8. The second kappa shape index (κ2) is 11.1. The number of amides is 1. The van der Waals surface area contributed by atoms with Gasteiger partial charge in [0.25, 0.3) is 11.5 Å². The summed E-state index contributed by atoms with van der Waals surface area (Å²) in [7, 11) is 0. The van der Waals surface area contributed by atoms with Crippen molar-refractivity contribution in [3.63, 3.8) is 0 Å². The normalized spacial score (nSPS) is 25.5. The molecule has 11 nitrogen and oxygen atoms in total. The van der Waals surface area contributed by atoms with Gasteiger partial charge < -0.3 is 24.5 Å². The van der Waals surface area contributed by atoms with E-state index in [-0.39, 0.29) is 24.7 Å². The SMILES string of the molecule is O=C1C(OCC2c3ccccc3CN2c2cn[nH]c(=O)c2C(F)(F)F)CCN1C1CCN(c2ncc(C3CC3)cn2)CC1O. The Balaban J connectivity index is 1.03. The zero-order valence-electron chi connectivity index (χ0n) is 23.8. The molecule has 3 aromatic rings. The van der Waals surface area contributed by atoms with Crippen LogP contribution in [-0.2, 0) is 22.3 Å². The average molecular weight is 612 g/mol. The Kier molecular flexibility index (Phi) is 7.28. The molecule has 7 rings (SSSR count). The number of rotatable bonds is 7. The first kappa shape index (κ1) is 28.7. The lowest BCUT2D eigenvalue weighted by Gasteiger charge is -2.40. The number of aromatic nitrogens is 4. The zero-order chi connectivity index (χ0) is 30.6. The Morgan fingerprint density at radius 2 is 1.77 bits per heavy atom. The van der Waals surface area contributed by atoms with Crippen LogP contribution >= 0.6 is 0 Å². The Bertz CT molecular complexity index is 1600. The van der Waals surface area contributed by atoms with Crippen LogP contribution < -0.4 is 15.4 Å². The van der Waals surface area contributed by atoms with Crippen molar-refractivity contribution >= 4 is 17.5 Å². The summed E-state index contributed by atoms with van der Waals surface area (Å²) in [5, 5.41) is 16.6. The minimum Gasteiger partial charge on any atom is -0.389 e. The number of likely N-dealkylation sites (tertiary alicyclic amines) is 1. The molecule has 232 valence electrons. The predicted octanol–water partition coefficient (Wildman–Crippen LogP) is 2.77. The third kappa shape index (κ3) is 5.30. The molecular weight excluding hydrogens is 579 g/mol. The number of fused-ring (bicyclic) bond motifs is 1. The topological polar surface area (TPSA) is 128 Å². The van der Waals surface area contributed by atoms with Gasteiger partial charge >= 0.3 is 6.18 Å². The highest BCUT2D eigenvalue weighted by Crippen LogP contribution is 2.43. The molecule has 14 heteroatoms. The maximum Gasteiger partial charge on any atom is 0.423 e. The summed E-state index contributed by atoms with van der Waals surface area (Å²) in [4.78, 5) is 39.7. The third-order valence-corrected chi connectivity index (χ3v) is 9.14. The first-order valence-corrected chi connectivity index (χ1v) is 14.9. The molecule has 4 aliphatic rings. The van der Waals surface area contributed by atoms with Crippen molar-refractivity contribution in [3.05, 3.63) is 75.5 Å². The second-order valence-electron chi connectivity index (χ2n) is 11.9. The molecule has 2 saturated heterocycles. The fraction of sp³-hybridized carbons (Fsp3) is 0.500. The van der Waals surface area contributed by atoms with Gasteiger partial charge in [-0.05, 0) is 41.9 Å². The first-order valence-electron chi connectivity index (χ1n) is 14.9. The number of carbonyl (C=O) groups excluding carboxylic acids is 1. The summed E-state index contributed by atoms with van der Waals surface area (Å²) in [5.74, 6) is 0.867. The fourth-order valence-electron chi connectivity index (χ4n) is 6.73. The Morgan fingerprint density at radius 1 is 1.00 bits per heavy atom. The van der Waals surface area contributed by atoms with Crippen molar-refractivity contribution in [1.29, 1.82) is 0 Å². The van der Waals surface area contributed by atoms with E-state index in [0.29, 0.717) is 44.3 Å². The first-order chi connectivity index (χ1) is 21.2. The minimum atomic E-state index is -4.89. The summed E-state index contributed by atoms with van der Waals surface area (Å²) < 4.78 is 47.9. The maximum atomic E-state index is 13.9. The summed E-state index contributed by atoms with van der Waals surface area (Å²) in [6.07, 6.45) is 1.47. The molecule has 2 N–H and O–H groups in total. The van der Waals surface area contributed by atoms with Crippen LogP contribution in [-0.4, -0.2) is 80.6 Å². The van der Waals surface area contributed by atoms with Gasteiger partial charge in [-0.1, -0.05) is 24.3 Å². The number of benzene rings is 1. The van der Waals surface area contributed by atoms with Crippen LogP contribution in [0.2, 0.25) is 0 Å². The van der Waals surface area contributed by atoms with Gasteiger partial charge in [0.05, 0.1) is 36.7 Å². The van der Waals surface area contributed by atoms with Crippen LogP contribution in [0.5, 0.6) is 0 Å². The van der Waals surface area contributed by atoms with Gasteiger partial charge in [0.1, 0.15) is 11.7 Å². The number of aromatic amines is 1. The van der Waals surface area contributed by atoms with E-state index in [1.165, 1.54) is 4.90 Å². The fourth-order valence-corrected chi connectivity index (χ4v) is 6.73. The van der Waals surface area contributed by atoms with Crippen molar-refractivity contribution in [1.82, 2.24) is 25.1 Å². The van der Waals surface area contributed by atoms with Gasteiger partial charge in [-0.15, -0.1) is 0 Å². The number of H-pyrrole nitrogens is 1. The summed E-state index contributed by atoms with van der Waals surface area (Å²) >= 11 is 0. The van der Waals surface area contributed by atoms with E-state index in [4.69, 9.17) is 4.74 Å². The van der Waals surface area contributed by atoms with Gasteiger partial charge in [0.2, 0.25) is 5.95 Å². The molecule has 0 bridgehead atoms. The Morgan fingerprint density at radius 3 is 2.50 bits per heavy atom. The van der Waals surface area contributed by atoms with Gasteiger partial charge in [-0.25, -0.2) is 15.1 Å². The third-order valence-electron chi connectivity index (χ3n) is 9.14. The average Bonchev–Trinajstić information content (AvgIpc) is 3.70. The van der Waals surface area contributed by atoms with E-state index in [2.05, 4.69) is 15.1 Å². The molecule has 1 amide bonds. The number of nitrogens with zero attached hydrogens (tertiary/aromatic N) is 6. The molecule has 44 heavy (non-hydrogen) atoms. The molecule has 1 aliphatic carbocycles. The largest absolute Gasteiger partial charge is 0.423 e. The van der Waals surface area contributed by atoms with E-state index >= 15 is 0 Å². The number of hydrogen-bond donors (Lipinski definition) is 2. The van der Waals surface area contributed by atoms with Gasteiger partial charge in [-0.2, -0.15) is 18.3 Å². The molecule has 1 aromatic carbocycles. The monoisotopic (exact) mass is 611 g/mol. The molecule has 2 aromatic heterocycles. The number of aliphatic hydroxyl groups is 1. The van der Waals surface area contributed by atoms with Crippen LogP contribution in [0.4, 0.5) is 24.8 Å². The van der Waals surface area contributed by atoms with Crippen LogP contribution in [0.15, 0.2) is 47.7 Å². The molecule has 4 atom stereocenters. The van der Waals surface area contributed by atoms with Crippen molar-refractivity contribution in [2.24, 2.45) is 0 Å². The van der Waals surface area contributed by atoms with E-state index in [1.54, 1.807) is 17.0 Å². The van der Waals surface area contributed by atoms with Crippen molar-refractivity contribution in [2.75, 3.05) is 36.0 Å². The highest BCUT2D eigenvalue weighted by Gasteiger charge is 2.44. The molecular formula is C30H32F3N7O4. The lowest BCUT2D eigenvalue weighted by molar-refractivity contribution is -0.141. The standard InChI is InChI=1S/C30H32F3N7O4/c31-30(32,33)26-22(13-36-37-27(26)42)40-14-18-3-1-2-4-20(18)23(40)16-44-25-8-10-39(28(25)43)21-7-9-38(15-24(21)41)29-34-11-19(12-35-29)17-5-6-17/h1-4,11-13,17,21,23-25,41H,5-10,14-16H2,(H,37,42). The van der Waals surface area contributed by atoms with E-state index < -0.39 is 41.6 Å². The second-order valence-corrected chi connectivity index (χ2v) is 11.9. The molecule has 4 unspecified atom stereocenters. The number of ether oxygens (including phenoxy) is 1. The van der Waals surface area contributed by atoms with Crippen molar-refractivity contribution in [2.45, 2.75) is 68.6 Å². The van der Waals surface area contributed by atoms with E-state index in [0.717, 1.165) is 35.7 Å². The number of alkyl halides is 3.